The van der Waals surface area contributed by atoms with E-state index in [4.69, 9.17) is 0 Å². The van der Waals surface area contributed by atoms with Crippen molar-refractivity contribution < 1.29 is 4.39 Å². The van der Waals surface area contributed by atoms with Gasteiger partial charge in [0.15, 0.2) is 0 Å². The van der Waals surface area contributed by atoms with Gasteiger partial charge in [-0.1, -0.05) is 26.0 Å². The molecule has 1 aromatic rings. The molecule has 1 aromatic carbocycles. The first kappa shape index (κ1) is 18.5. The van der Waals surface area contributed by atoms with Crippen LogP contribution in [0.2, 0.25) is 0 Å². The summed E-state index contributed by atoms with van der Waals surface area (Å²) in [6.07, 6.45) is 3.26. The molecule has 0 amide bonds. The second kappa shape index (κ2) is 9.44. The van der Waals surface area contributed by atoms with Crippen LogP contribution in [-0.4, -0.2) is 36.0 Å². The molecule has 0 aliphatic rings. The molecule has 1 rings (SSSR count). The van der Waals surface area contributed by atoms with Gasteiger partial charge in [0.05, 0.1) is 0 Å². The van der Waals surface area contributed by atoms with Gasteiger partial charge in [-0.2, -0.15) is 11.8 Å². The van der Waals surface area contributed by atoms with Crippen LogP contribution < -0.4 is 5.32 Å². The summed E-state index contributed by atoms with van der Waals surface area (Å²) in [4.78, 5) is 2.23. The molecule has 0 saturated carbocycles. The standard InChI is InChI=1S/C17H29FN2S/c1-13(2)19-11-15-6-7-17(18)16(10-15)12-20(4)14(3)8-9-21-5/h6-7,10,13-14,19H,8-9,11-12H2,1-5H3. The highest BCUT2D eigenvalue weighted by Gasteiger charge is 2.12. The molecule has 0 bridgehead atoms. The number of nitrogens with one attached hydrogen (secondary N) is 1. The molecule has 1 unspecified atom stereocenters. The van der Waals surface area contributed by atoms with Crippen LogP contribution in [0.5, 0.6) is 0 Å². The molecule has 2 nitrogen and oxygen atoms in total. The fourth-order valence-corrected chi connectivity index (χ4v) is 2.69. The number of rotatable bonds is 9. The van der Waals surface area contributed by atoms with Gasteiger partial charge in [-0.15, -0.1) is 0 Å². The molecule has 120 valence electrons. The third-order valence-corrected chi connectivity index (χ3v) is 4.38. The van der Waals surface area contributed by atoms with E-state index < -0.39 is 0 Å². The smallest absolute Gasteiger partial charge is 0.127 e. The maximum atomic E-state index is 14.0. The molecule has 0 aliphatic heterocycles. The molecule has 0 aliphatic carbocycles. The molecule has 4 heteroatoms. The molecule has 0 spiro atoms. The van der Waals surface area contributed by atoms with Gasteiger partial charge in [0.25, 0.3) is 0 Å². The highest BCUT2D eigenvalue weighted by Crippen LogP contribution is 2.15. The zero-order chi connectivity index (χ0) is 15.8. The summed E-state index contributed by atoms with van der Waals surface area (Å²) in [7, 11) is 2.07. The lowest BCUT2D eigenvalue weighted by atomic mass is 10.1. The van der Waals surface area contributed by atoms with E-state index >= 15 is 0 Å². The quantitative estimate of drug-likeness (QED) is 0.744. The highest BCUT2D eigenvalue weighted by molar-refractivity contribution is 7.98. The number of benzene rings is 1. The lowest BCUT2D eigenvalue weighted by Gasteiger charge is -2.25. The molecule has 0 saturated heterocycles. The van der Waals surface area contributed by atoms with E-state index in [0.717, 1.165) is 29.8 Å². The summed E-state index contributed by atoms with van der Waals surface area (Å²) in [6.45, 7) is 7.89. The van der Waals surface area contributed by atoms with Crippen LogP contribution in [0.25, 0.3) is 0 Å². The van der Waals surface area contributed by atoms with Crippen LogP contribution in [0.15, 0.2) is 18.2 Å². The Bertz CT molecular complexity index is 423. The normalized spacial score (nSPS) is 13.1. The van der Waals surface area contributed by atoms with Crippen molar-refractivity contribution in [3.8, 4) is 0 Å². The molecule has 0 fully saturated rings. The van der Waals surface area contributed by atoms with Crippen molar-refractivity contribution in [3.05, 3.63) is 35.1 Å². The van der Waals surface area contributed by atoms with Gasteiger partial charge in [0.1, 0.15) is 5.82 Å². The number of nitrogens with zero attached hydrogens (tertiary/aromatic N) is 1. The predicted octanol–water partition coefficient (Wildman–Crippen LogP) is 3.90. The Kier molecular flexibility index (Phi) is 8.30. The topological polar surface area (TPSA) is 15.3 Å². The van der Waals surface area contributed by atoms with E-state index in [1.54, 1.807) is 6.07 Å². The van der Waals surface area contributed by atoms with Crippen molar-refractivity contribution in [1.82, 2.24) is 10.2 Å². The summed E-state index contributed by atoms with van der Waals surface area (Å²) in [6, 6.07) is 6.35. The third-order valence-electron chi connectivity index (χ3n) is 3.74. The number of halogens is 1. The van der Waals surface area contributed by atoms with Crippen molar-refractivity contribution in [3.63, 3.8) is 0 Å². The minimum absolute atomic E-state index is 0.104. The SMILES string of the molecule is CSCCC(C)N(C)Cc1cc(CNC(C)C)ccc1F. The summed E-state index contributed by atoms with van der Waals surface area (Å²) in [5, 5.41) is 3.37. The first-order valence-electron chi connectivity index (χ1n) is 7.64. The third kappa shape index (κ3) is 6.81. The Hall–Kier alpha value is -0.580. The molecule has 1 N–H and O–H groups in total. The van der Waals surface area contributed by atoms with Gasteiger partial charge < -0.3 is 5.32 Å². The Labute approximate surface area is 133 Å². The van der Waals surface area contributed by atoms with Crippen molar-refractivity contribution in [2.75, 3.05) is 19.1 Å². The maximum Gasteiger partial charge on any atom is 0.127 e. The molecular weight excluding hydrogens is 283 g/mol. The molecule has 0 aromatic heterocycles. The van der Waals surface area contributed by atoms with Crippen LogP contribution in [-0.2, 0) is 13.1 Å². The zero-order valence-electron chi connectivity index (χ0n) is 13.9. The van der Waals surface area contributed by atoms with Crippen molar-refractivity contribution in [2.45, 2.75) is 52.4 Å². The van der Waals surface area contributed by atoms with Gasteiger partial charge >= 0.3 is 0 Å². The average molecular weight is 312 g/mol. The first-order chi connectivity index (χ1) is 9.93. The number of hydrogen-bond acceptors (Lipinski definition) is 3. The minimum Gasteiger partial charge on any atom is -0.310 e. The van der Waals surface area contributed by atoms with Crippen LogP contribution in [0.3, 0.4) is 0 Å². The Morgan fingerprint density at radius 2 is 2.00 bits per heavy atom. The number of thioether (sulfide) groups is 1. The van der Waals surface area contributed by atoms with Gasteiger partial charge in [0.2, 0.25) is 0 Å². The van der Waals surface area contributed by atoms with E-state index in [1.807, 2.05) is 23.9 Å². The molecule has 1 atom stereocenters. The molecular formula is C17H29FN2S. The van der Waals surface area contributed by atoms with E-state index in [1.165, 1.54) is 0 Å². The Balaban J connectivity index is 2.66. The van der Waals surface area contributed by atoms with Gasteiger partial charge in [-0.25, -0.2) is 4.39 Å². The first-order valence-corrected chi connectivity index (χ1v) is 9.03. The van der Waals surface area contributed by atoms with Crippen molar-refractivity contribution in [1.29, 1.82) is 0 Å². The lowest BCUT2D eigenvalue weighted by molar-refractivity contribution is 0.242. The average Bonchev–Trinajstić information content (AvgIpc) is 2.45. The van der Waals surface area contributed by atoms with E-state index in [-0.39, 0.29) is 5.82 Å². The van der Waals surface area contributed by atoms with E-state index in [9.17, 15) is 4.39 Å². The minimum atomic E-state index is -0.104. The van der Waals surface area contributed by atoms with E-state index in [2.05, 4.69) is 44.3 Å². The largest absolute Gasteiger partial charge is 0.310 e. The Morgan fingerprint density at radius 1 is 1.29 bits per heavy atom. The highest BCUT2D eigenvalue weighted by atomic mass is 32.2. The Morgan fingerprint density at radius 3 is 2.62 bits per heavy atom. The number of hydrogen-bond donors (Lipinski definition) is 1. The monoisotopic (exact) mass is 312 g/mol. The van der Waals surface area contributed by atoms with Gasteiger partial charge in [-0.3, -0.25) is 4.90 Å². The molecule has 0 heterocycles. The van der Waals surface area contributed by atoms with E-state index in [0.29, 0.717) is 18.6 Å². The van der Waals surface area contributed by atoms with Crippen LogP contribution in [0, 0.1) is 5.82 Å². The lowest BCUT2D eigenvalue weighted by Crippen LogP contribution is -2.29. The summed E-state index contributed by atoms with van der Waals surface area (Å²) in [5.41, 5.74) is 1.93. The summed E-state index contributed by atoms with van der Waals surface area (Å²) < 4.78 is 14.0. The molecule has 0 radical (unpaired) electrons. The zero-order valence-corrected chi connectivity index (χ0v) is 14.8. The fourth-order valence-electron chi connectivity index (χ4n) is 2.11. The summed E-state index contributed by atoms with van der Waals surface area (Å²) >= 11 is 1.86. The van der Waals surface area contributed by atoms with Crippen LogP contribution in [0.1, 0.15) is 38.3 Å². The van der Waals surface area contributed by atoms with Gasteiger partial charge in [0, 0.05) is 30.7 Å². The maximum absolute atomic E-state index is 14.0. The second-order valence-corrected chi connectivity index (χ2v) is 6.99. The van der Waals surface area contributed by atoms with Crippen molar-refractivity contribution in [2.24, 2.45) is 0 Å². The predicted molar refractivity (Wildman–Crippen MR) is 92.3 cm³/mol. The molecule has 21 heavy (non-hydrogen) atoms. The van der Waals surface area contributed by atoms with Crippen LogP contribution in [0.4, 0.5) is 4.39 Å². The van der Waals surface area contributed by atoms with Crippen molar-refractivity contribution >= 4 is 11.8 Å². The summed E-state index contributed by atoms with van der Waals surface area (Å²) in [5.74, 6) is 1.04. The van der Waals surface area contributed by atoms with Crippen LogP contribution >= 0.6 is 11.8 Å². The van der Waals surface area contributed by atoms with Gasteiger partial charge in [-0.05, 0) is 44.0 Å². The fraction of sp³-hybridized carbons (Fsp3) is 0.647. The second-order valence-electron chi connectivity index (χ2n) is 6.01.